The molecule has 0 aromatic heterocycles. The van der Waals surface area contributed by atoms with Crippen LogP contribution in [0.2, 0.25) is 0 Å². The predicted molar refractivity (Wildman–Crippen MR) is 49.1 cm³/mol. The third-order valence-electron chi connectivity index (χ3n) is 3.14. The lowest BCUT2D eigenvalue weighted by molar-refractivity contribution is -0.154. The zero-order valence-corrected chi connectivity index (χ0v) is 8.54. The molecule has 0 saturated heterocycles. The second-order valence-corrected chi connectivity index (χ2v) is 4.28. The summed E-state index contributed by atoms with van der Waals surface area (Å²) in [6, 6.07) is 0. The van der Waals surface area contributed by atoms with Gasteiger partial charge in [0.1, 0.15) is 0 Å². The summed E-state index contributed by atoms with van der Waals surface area (Å²) >= 11 is 0. The first-order valence-corrected chi connectivity index (χ1v) is 4.82. The van der Waals surface area contributed by atoms with Gasteiger partial charge >= 0.3 is 5.97 Å². The zero-order chi connectivity index (χ0) is 10.1. The minimum atomic E-state index is -0.257. The maximum atomic E-state index is 11.1. The van der Waals surface area contributed by atoms with Crippen molar-refractivity contribution in [1.29, 1.82) is 0 Å². The Morgan fingerprint density at radius 2 is 2.23 bits per heavy atom. The number of carbonyl (C=O) groups is 1. The molecule has 0 bridgehead atoms. The molecule has 0 spiro atoms. The molecular formula is C10H18O3. The van der Waals surface area contributed by atoms with E-state index in [2.05, 4.69) is 0 Å². The largest absolute Gasteiger partial charge is 0.466 e. The maximum absolute atomic E-state index is 11.1. The molecule has 1 fully saturated rings. The Morgan fingerprint density at radius 3 is 2.62 bits per heavy atom. The van der Waals surface area contributed by atoms with E-state index < -0.39 is 0 Å². The van der Waals surface area contributed by atoms with E-state index in [-0.39, 0.29) is 23.4 Å². The summed E-state index contributed by atoms with van der Waals surface area (Å²) in [7, 11) is 0. The van der Waals surface area contributed by atoms with Gasteiger partial charge in [-0.25, -0.2) is 0 Å². The third kappa shape index (κ3) is 2.02. The van der Waals surface area contributed by atoms with Gasteiger partial charge in [-0.3, -0.25) is 4.79 Å². The van der Waals surface area contributed by atoms with Crippen LogP contribution in [0.15, 0.2) is 0 Å². The van der Waals surface area contributed by atoms with Gasteiger partial charge < -0.3 is 9.84 Å². The Balaban J connectivity index is 2.36. The number of aliphatic hydroxyl groups excluding tert-OH is 1. The predicted octanol–water partition coefficient (Wildman–Crippen LogP) is 1.35. The van der Waals surface area contributed by atoms with Gasteiger partial charge in [0.25, 0.3) is 0 Å². The number of esters is 1. The third-order valence-corrected chi connectivity index (χ3v) is 3.14. The van der Waals surface area contributed by atoms with Crippen LogP contribution in [0.3, 0.4) is 0 Å². The fraction of sp³-hybridized carbons (Fsp3) is 0.900. The van der Waals surface area contributed by atoms with Crippen LogP contribution in [-0.2, 0) is 9.53 Å². The van der Waals surface area contributed by atoms with Crippen molar-refractivity contribution in [3.05, 3.63) is 0 Å². The van der Waals surface area contributed by atoms with Gasteiger partial charge in [0.15, 0.2) is 0 Å². The monoisotopic (exact) mass is 186 g/mol. The zero-order valence-electron chi connectivity index (χ0n) is 8.54. The Hall–Kier alpha value is -0.570. The molecule has 1 saturated carbocycles. The second-order valence-electron chi connectivity index (χ2n) is 4.28. The van der Waals surface area contributed by atoms with Crippen molar-refractivity contribution in [2.24, 2.45) is 11.3 Å². The smallest absolute Gasteiger partial charge is 0.306 e. The van der Waals surface area contributed by atoms with E-state index in [0.717, 1.165) is 6.42 Å². The standard InChI is InChI=1S/C10H18O3/c1-4-13-9(12)6-7-5-8(11)10(7,2)3/h7-8,11H,4-6H2,1-3H3. The van der Waals surface area contributed by atoms with Gasteiger partial charge in [0.05, 0.1) is 12.7 Å². The highest BCUT2D eigenvalue weighted by Crippen LogP contribution is 2.47. The molecule has 3 heteroatoms. The number of hydrogen-bond donors (Lipinski definition) is 1. The SMILES string of the molecule is CCOC(=O)CC1CC(O)C1(C)C. The number of carbonyl (C=O) groups excluding carboxylic acids is 1. The maximum Gasteiger partial charge on any atom is 0.306 e. The molecule has 0 radical (unpaired) electrons. The minimum absolute atomic E-state index is 0.118. The van der Waals surface area contributed by atoms with Crippen LogP contribution < -0.4 is 0 Å². The number of hydrogen-bond acceptors (Lipinski definition) is 3. The molecule has 0 aliphatic heterocycles. The Bertz CT molecular complexity index is 198. The van der Waals surface area contributed by atoms with Crippen molar-refractivity contribution in [2.75, 3.05) is 6.61 Å². The first-order chi connectivity index (χ1) is 5.98. The molecule has 1 rings (SSSR count). The van der Waals surface area contributed by atoms with Crippen molar-refractivity contribution < 1.29 is 14.6 Å². The summed E-state index contributed by atoms with van der Waals surface area (Å²) in [6.45, 7) is 6.23. The van der Waals surface area contributed by atoms with Crippen LogP contribution in [-0.4, -0.2) is 23.8 Å². The highest BCUT2D eigenvalue weighted by atomic mass is 16.5. The molecular weight excluding hydrogens is 168 g/mol. The van der Waals surface area contributed by atoms with Gasteiger partial charge in [-0.05, 0) is 24.7 Å². The second kappa shape index (κ2) is 3.66. The van der Waals surface area contributed by atoms with E-state index in [1.54, 1.807) is 6.92 Å². The molecule has 0 aromatic rings. The molecule has 0 heterocycles. The average Bonchev–Trinajstić information content (AvgIpc) is 2.04. The fourth-order valence-corrected chi connectivity index (χ4v) is 1.76. The van der Waals surface area contributed by atoms with Gasteiger partial charge in [-0.2, -0.15) is 0 Å². The van der Waals surface area contributed by atoms with E-state index in [4.69, 9.17) is 4.74 Å². The molecule has 0 aromatic carbocycles. The molecule has 2 atom stereocenters. The average molecular weight is 186 g/mol. The van der Waals surface area contributed by atoms with E-state index in [0.29, 0.717) is 13.0 Å². The van der Waals surface area contributed by atoms with Gasteiger partial charge in [-0.15, -0.1) is 0 Å². The lowest BCUT2D eigenvalue weighted by atomic mass is 9.59. The van der Waals surface area contributed by atoms with Crippen molar-refractivity contribution in [1.82, 2.24) is 0 Å². The van der Waals surface area contributed by atoms with Crippen molar-refractivity contribution in [2.45, 2.75) is 39.7 Å². The highest BCUT2D eigenvalue weighted by molar-refractivity contribution is 5.70. The number of ether oxygens (including phenoxy) is 1. The Kier molecular flexibility index (Phi) is 2.96. The highest BCUT2D eigenvalue weighted by Gasteiger charge is 2.47. The van der Waals surface area contributed by atoms with E-state index in [1.807, 2.05) is 13.8 Å². The number of aliphatic hydroxyl groups is 1. The summed E-state index contributed by atoms with van der Waals surface area (Å²) in [4.78, 5) is 11.1. The van der Waals surface area contributed by atoms with Crippen LogP contribution in [0.4, 0.5) is 0 Å². The van der Waals surface area contributed by atoms with Crippen molar-refractivity contribution in [3.63, 3.8) is 0 Å². The van der Waals surface area contributed by atoms with Gasteiger partial charge in [0, 0.05) is 6.42 Å². The van der Waals surface area contributed by atoms with Crippen LogP contribution in [0.1, 0.15) is 33.6 Å². The minimum Gasteiger partial charge on any atom is -0.466 e. The molecule has 3 nitrogen and oxygen atoms in total. The summed E-state index contributed by atoms with van der Waals surface area (Å²) in [6.07, 6.45) is 0.913. The first kappa shape index (κ1) is 10.5. The molecule has 2 unspecified atom stereocenters. The van der Waals surface area contributed by atoms with Crippen molar-refractivity contribution in [3.8, 4) is 0 Å². The van der Waals surface area contributed by atoms with Crippen LogP contribution in [0, 0.1) is 11.3 Å². The molecule has 13 heavy (non-hydrogen) atoms. The normalized spacial score (nSPS) is 30.8. The van der Waals surface area contributed by atoms with Crippen LogP contribution in [0.25, 0.3) is 0 Å². The van der Waals surface area contributed by atoms with Gasteiger partial charge in [0.2, 0.25) is 0 Å². The summed E-state index contributed by atoms with van der Waals surface area (Å²) in [5.74, 6) is 0.133. The van der Waals surface area contributed by atoms with E-state index in [9.17, 15) is 9.90 Å². The molecule has 76 valence electrons. The quantitative estimate of drug-likeness (QED) is 0.677. The topological polar surface area (TPSA) is 46.5 Å². The fourth-order valence-electron chi connectivity index (χ4n) is 1.76. The molecule has 1 aliphatic carbocycles. The first-order valence-electron chi connectivity index (χ1n) is 4.82. The lowest BCUT2D eigenvalue weighted by Gasteiger charge is -2.49. The summed E-state index contributed by atoms with van der Waals surface area (Å²) in [5.41, 5.74) is -0.118. The lowest BCUT2D eigenvalue weighted by Crippen LogP contribution is -2.49. The molecule has 0 amide bonds. The molecule has 1 aliphatic rings. The Morgan fingerprint density at radius 1 is 1.62 bits per heavy atom. The van der Waals surface area contributed by atoms with Crippen LogP contribution in [0.5, 0.6) is 0 Å². The number of rotatable bonds is 3. The van der Waals surface area contributed by atoms with Crippen LogP contribution >= 0.6 is 0 Å². The summed E-state index contributed by atoms with van der Waals surface area (Å²) < 4.78 is 4.86. The molecule has 1 N–H and O–H groups in total. The summed E-state index contributed by atoms with van der Waals surface area (Å²) in [5, 5.41) is 9.44. The van der Waals surface area contributed by atoms with E-state index in [1.165, 1.54) is 0 Å². The van der Waals surface area contributed by atoms with Crippen molar-refractivity contribution >= 4 is 5.97 Å². The Labute approximate surface area is 79.1 Å². The van der Waals surface area contributed by atoms with E-state index >= 15 is 0 Å². The van der Waals surface area contributed by atoms with Gasteiger partial charge in [-0.1, -0.05) is 13.8 Å².